The van der Waals surface area contributed by atoms with E-state index in [2.05, 4.69) is 20.4 Å². The molecule has 138 valence electrons. The largest absolute Gasteiger partial charge is 0.416 e. The number of rotatable bonds is 3. The first-order valence-corrected chi connectivity index (χ1v) is 7.46. The van der Waals surface area contributed by atoms with Crippen LogP contribution in [0.2, 0.25) is 0 Å². The van der Waals surface area contributed by atoms with Crippen LogP contribution in [0, 0.1) is 5.41 Å². The number of hydrogen-bond donors (Lipinski definition) is 3. The van der Waals surface area contributed by atoms with Gasteiger partial charge in [-0.1, -0.05) is 6.07 Å². The number of hydrogen-bond acceptors (Lipinski definition) is 7. The van der Waals surface area contributed by atoms with Gasteiger partial charge in [0.05, 0.1) is 5.56 Å². The molecular formula is C16H12F3N7O. The maximum Gasteiger partial charge on any atom is 0.416 e. The van der Waals surface area contributed by atoms with Crippen LogP contribution in [0.5, 0.6) is 0 Å². The molecule has 11 heteroatoms. The van der Waals surface area contributed by atoms with Gasteiger partial charge in [0.25, 0.3) is 5.91 Å². The van der Waals surface area contributed by atoms with Gasteiger partial charge < -0.3 is 11.1 Å². The number of anilines is 3. The summed E-state index contributed by atoms with van der Waals surface area (Å²) < 4.78 is 39.2. The van der Waals surface area contributed by atoms with E-state index in [4.69, 9.17) is 11.1 Å². The summed E-state index contributed by atoms with van der Waals surface area (Å²) in [5.74, 6) is -1.21. The van der Waals surface area contributed by atoms with Crippen molar-refractivity contribution < 1.29 is 18.0 Å². The SMILES string of the molecule is N=c1c(N)nc(Nc2cccc(C(F)(F)F)c2)nn1C(=O)c1ccncc1. The summed E-state index contributed by atoms with van der Waals surface area (Å²) in [5, 5.41) is 14.3. The number of nitrogens with two attached hydrogens (primary N) is 1. The van der Waals surface area contributed by atoms with Crippen LogP contribution in [0.4, 0.5) is 30.6 Å². The van der Waals surface area contributed by atoms with Crippen LogP contribution in [-0.4, -0.2) is 25.7 Å². The van der Waals surface area contributed by atoms with E-state index in [1.807, 2.05) is 0 Å². The standard InChI is InChI=1S/C16H12F3N7O/c17-16(18,19)10-2-1-3-11(8-10)23-15-24-12(20)13(21)26(25-15)14(27)9-4-6-22-7-5-9/h1-8,21H,(H3,20,23,24,25). The summed E-state index contributed by atoms with van der Waals surface area (Å²) in [5.41, 5.74) is 4.58. The fourth-order valence-electron chi connectivity index (χ4n) is 2.16. The first kappa shape index (κ1) is 18.0. The number of carbonyl (C=O) groups is 1. The molecule has 0 bridgehead atoms. The molecular weight excluding hydrogens is 363 g/mol. The second-order valence-corrected chi connectivity index (χ2v) is 5.33. The van der Waals surface area contributed by atoms with Crippen molar-refractivity contribution in [2.75, 3.05) is 11.1 Å². The van der Waals surface area contributed by atoms with Crippen LogP contribution in [0.25, 0.3) is 0 Å². The number of aromatic nitrogens is 4. The fourth-order valence-corrected chi connectivity index (χ4v) is 2.16. The Morgan fingerprint density at radius 1 is 1.19 bits per heavy atom. The molecule has 0 aliphatic carbocycles. The Kier molecular flexibility index (Phi) is 4.59. The summed E-state index contributed by atoms with van der Waals surface area (Å²) in [7, 11) is 0. The number of pyridine rings is 1. The molecule has 0 unspecified atom stereocenters. The molecule has 0 saturated heterocycles. The number of nitrogens with zero attached hydrogens (tertiary/aromatic N) is 4. The van der Waals surface area contributed by atoms with E-state index in [0.29, 0.717) is 4.68 Å². The minimum absolute atomic E-state index is 0.0462. The first-order valence-electron chi connectivity index (χ1n) is 7.46. The van der Waals surface area contributed by atoms with Gasteiger partial charge in [-0.15, -0.1) is 5.10 Å². The molecule has 0 radical (unpaired) electrons. The molecule has 27 heavy (non-hydrogen) atoms. The second-order valence-electron chi connectivity index (χ2n) is 5.33. The van der Waals surface area contributed by atoms with Crippen molar-refractivity contribution in [1.82, 2.24) is 19.7 Å². The van der Waals surface area contributed by atoms with E-state index in [1.54, 1.807) is 0 Å². The zero-order valence-electron chi connectivity index (χ0n) is 13.5. The lowest BCUT2D eigenvalue weighted by Gasteiger charge is -2.11. The van der Waals surface area contributed by atoms with Gasteiger partial charge in [-0.2, -0.15) is 22.8 Å². The highest BCUT2D eigenvalue weighted by Gasteiger charge is 2.30. The van der Waals surface area contributed by atoms with Gasteiger partial charge in [0.2, 0.25) is 5.95 Å². The van der Waals surface area contributed by atoms with Crippen LogP contribution < -0.4 is 16.5 Å². The zero-order chi connectivity index (χ0) is 19.6. The van der Waals surface area contributed by atoms with Gasteiger partial charge >= 0.3 is 6.18 Å². The Bertz CT molecular complexity index is 1050. The Labute approximate surface area is 150 Å². The zero-order valence-corrected chi connectivity index (χ0v) is 13.5. The van der Waals surface area contributed by atoms with Gasteiger partial charge in [0.1, 0.15) is 0 Å². The Morgan fingerprint density at radius 3 is 2.56 bits per heavy atom. The number of carbonyl (C=O) groups excluding carboxylic acids is 1. The smallest absolute Gasteiger partial charge is 0.380 e. The van der Waals surface area contributed by atoms with Gasteiger partial charge in [-0.3, -0.25) is 15.2 Å². The molecule has 8 nitrogen and oxygen atoms in total. The van der Waals surface area contributed by atoms with E-state index < -0.39 is 23.1 Å². The highest BCUT2D eigenvalue weighted by molar-refractivity contribution is 5.95. The number of alkyl halides is 3. The predicted octanol–water partition coefficient (Wildman–Crippen LogP) is 2.19. The second kappa shape index (κ2) is 6.86. The minimum atomic E-state index is -4.51. The minimum Gasteiger partial charge on any atom is -0.380 e. The third-order valence-corrected chi connectivity index (χ3v) is 3.44. The quantitative estimate of drug-likeness (QED) is 0.645. The molecule has 0 aliphatic rings. The van der Waals surface area contributed by atoms with Crippen molar-refractivity contribution in [2.24, 2.45) is 0 Å². The van der Waals surface area contributed by atoms with Gasteiger partial charge in [-0.05, 0) is 30.3 Å². The highest BCUT2D eigenvalue weighted by Crippen LogP contribution is 2.31. The van der Waals surface area contributed by atoms with Crippen LogP contribution >= 0.6 is 0 Å². The lowest BCUT2D eigenvalue weighted by Crippen LogP contribution is -2.33. The molecule has 0 saturated carbocycles. The lowest BCUT2D eigenvalue weighted by molar-refractivity contribution is -0.137. The average molecular weight is 375 g/mol. The highest BCUT2D eigenvalue weighted by atomic mass is 19.4. The van der Waals surface area contributed by atoms with Crippen molar-refractivity contribution in [3.05, 3.63) is 65.4 Å². The Morgan fingerprint density at radius 2 is 1.89 bits per heavy atom. The molecule has 4 N–H and O–H groups in total. The van der Waals surface area contributed by atoms with Crippen molar-refractivity contribution in [3.63, 3.8) is 0 Å². The van der Waals surface area contributed by atoms with Gasteiger partial charge in [0.15, 0.2) is 11.3 Å². The third-order valence-electron chi connectivity index (χ3n) is 3.44. The number of benzene rings is 1. The molecule has 0 amide bonds. The number of nitrogen functional groups attached to an aromatic ring is 1. The van der Waals surface area contributed by atoms with E-state index in [9.17, 15) is 18.0 Å². The number of nitrogens with one attached hydrogen (secondary N) is 2. The van der Waals surface area contributed by atoms with Crippen LogP contribution in [0.3, 0.4) is 0 Å². The average Bonchev–Trinajstić information content (AvgIpc) is 2.64. The van der Waals surface area contributed by atoms with Crippen molar-refractivity contribution in [1.29, 1.82) is 5.41 Å². The van der Waals surface area contributed by atoms with Crippen LogP contribution in [0.1, 0.15) is 15.9 Å². The molecule has 2 aromatic heterocycles. The number of halogens is 3. The summed E-state index contributed by atoms with van der Waals surface area (Å²) in [6, 6.07) is 7.21. The van der Waals surface area contributed by atoms with E-state index in [-0.39, 0.29) is 23.0 Å². The first-order chi connectivity index (χ1) is 12.8. The van der Waals surface area contributed by atoms with E-state index in [0.717, 1.165) is 12.1 Å². The fraction of sp³-hybridized carbons (Fsp3) is 0.0625. The lowest BCUT2D eigenvalue weighted by atomic mass is 10.2. The molecule has 0 fully saturated rings. The monoisotopic (exact) mass is 375 g/mol. The summed E-state index contributed by atoms with van der Waals surface area (Å²) >= 11 is 0. The van der Waals surface area contributed by atoms with Crippen LogP contribution in [-0.2, 0) is 6.18 Å². The van der Waals surface area contributed by atoms with Crippen LogP contribution in [0.15, 0.2) is 48.8 Å². The summed E-state index contributed by atoms with van der Waals surface area (Å²) in [4.78, 5) is 20.1. The van der Waals surface area contributed by atoms with E-state index in [1.165, 1.54) is 36.7 Å². The maximum atomic E-state index is 12.8. The van der Waals surface area contributed by atoms with Crippen molar-refractivity contribution >= 4 is 23.4 Å². The molecule has 3 rings (SSSR count). The molecule has 3 aromatic rings. The van der Waals surface area contributed by atoms with Gasteiger partial charge in [-0.25, -0.2) is 0 Å². The predicted molar refractivity (Wildman–Crippen MR) is 89.0 cm³/mol. The Hall–Kier alpha value is -3.76. The van der Waals surface area contributed by atoms with Crippen molar-refractivity contribution in [3.8, 4) is 0 Å². The third kappa shape index (κ3) is 3.92. The molecule has 0 aliphatic heterocycles. The van der Waals surface area contributed by atoms with Gasteiger partial charge in [0, 0.05) is 23.6 Å². The maximum absolute atomic E-state index is 12.8. The molecule has 2 heterocycles. The molecule has 1 aromatic carbocycles. The van der Waals surface area contributed by atoms with Crippen molar-refractivity contribution in [2.45, 2.75) is 6.18 Å². The summed E-state index contributed by atoms with van der Waals surface area (Å²) in [6.45, 7) is 0. The Balaban J connectivity index is 1.98. The normalized spacial score (nSPS) is 11.2. The van der Waals surface area contributed by atoms with E-state index >= 15 is 0 Å². The molecule has 0 spiro atoms. The summed E-state index contributed by atoms with van der Waals surface area (Å²) in [6.07, 6.45) is -1.73. The molecule has 0 atom stereocenters. The topological polar surface area (TPSA) is 123 Å².